The number of carbonyl (C=O) groups is 1. The van der Waals surface area contributed by atoms with Gasteiger partial charge in [-0.3, -0.25) is 9.78 Å². The van der Waals surface area contributed by atoms with Crippen LogP contribution < -0.4 is 10.1 Å². The lowest BCUT2D eigenvalue weighted by Gasteiger charge is -2.12. The molecule has 1 aromatic heterocycles. The van der Waals surface area contributed by atoms with Crippen LogP contribution in [-0.4, -0.2) is 18.0 Å². The summed E-state index contributed by atoms with van der Waals surface area (Å²) < 4.78 is 5.95. The molecule has 0 saturated carbocycles. The Labute approximate surface area is 130 Å². The van der Waals surface area contributed by atoms with E-state index in [2.05, 4.69) is 39.0 Å². The lowest BCUT2D eigenvalue weighted by Crippen LogP contribution is -2.07. The number of alkyl halides is 1. The summed E-state index contributed by atoms with van der Waals surface area (Å²) in [7, 11) is 1.54. The Hall–Kier alpha value is -1.88. The van der Waals surface area contributed by atoms with Gasteiger partial charge in [-0.2, -0.15) is 5.26 Å². The van der Waals surface area contributed by atoms with Crippen LogP contribution in [0.1, 0.15) is 18.1 Å². The van der Waals surface area contributed by atoms with Crippen LogP contribution in [0, 0.1) is 11.3 Å². The highest BCUT2D eigenvalue weighted by Gasteiger charge is 2.13. The summed E-state index contributed by atoms with van der Waals surface area (Å²) >= 11 is 2.21. The fourth-order valence-corrected chi connectivity index (χ4v) is 2.79. The molecular formula is C14H12IN3O2. The average molecular weight is 381 g/mol. The van der Waals surface area contributed by atoms with Crippen molar-refractivity contribution in [3.63, 3.8) is 0 Å². The van der Waals surface area contributed by atoms with Gasteiger partial charge >= 0.3 is 0 Å². The summed E-state index contributed by atoms with van der Waals surface area (Å²) in [5.41, 5.74) is 2.77. The molecular weight excluding hydrogens is 369 g/mol. The second-order valence-electron chi connectivity index (χ2n) is 4.15. The topological polar surface area (TPSA) is 75.0 Å². The molecule has 0 aliphatic carbocycles. The Balaban J connectivity index is 2.75. The van der Waals surface area contributed by atoms with E-state index in [0.29, 0.717) is 21.4 Å². The number of anilines is 1. The lowest BCUT2D eigenvalue weighted by atomic mass is 10.0. The number of hydrogen-bond acceptors (Lipinski definition) is 4. The maximum atomic E-state index is 11.3. The van der Waals surface area contributed by atoms with Crippen LogP contribution in [0.5, 0.6) is 5.75 Å². The van der Waals surface area contributed by atoms with Crippen LogP contribution in [0.25, 0.3) is 10.9 Å². The summed E-state index contributed by atoms with van der Waals surface area (Å²) in [5, 5.41) is 12.7. The minimum Gasteiger partial charge on any atom is -0.494 e. The van der Waals surface area contributed by atoms with Crippen LogP contribution in [0.4, 0.5) is 5.69 Å². The van der Waals surface area contributed by atoms with Crippen LogP contribution in [0.2, 0.25) is 0 Å². The highest BCUT2D eigenvalue weighted by Crippen LogP contribution is 2.32. The lowest BCUT2D eigenvalue weighted by molar-refractivity contribution is -0.114. The number of rotatable bonds is 3. The number of benzene rings is 1. The molecule has 6 heteroatoms. The third-order valence-corrected chi connectivity index (χ3v) is 3.63. The molecule has 0 aliphatic rings. The minimum atomic E-state index is -0.178. The first-order valence-electron chi connectivity index (χ1n) is 5.84. The summed E-state index contributed by atoms with van der Waals surface area (Å²) in [6.45, 7) is 1.44. The maximum absolute atomic E-state index is 11.3. The van der Waals surface area contributed by atoms with Crippen LogP contribution in [0.15, 0.2) is 18.3 Å². The molecule has 20 heavy (non-hydrogen) atoms. The first kappa shape index (κ1) is 14.5. The second kappa shape index (κ2) is 6.05. The zero-order chi connectivity index (χ0) is 14.7. The van der Waals surface area contributed by atoms with Crippen molar-refractivity contribution in [3.8, 4) is 11.8 Å². The van der Waals surface area contributed by atoms with E-state index >= 15 is 0 Å². The van der Waals surface area contributed by atoms with Crippen molar-refractivity contribution < 1.29 is 9.53 Å². The smallest absolute Gasteiger partial charge is 0.221 e. The van der Waals surface area contributed by atoms with Crippen molar-refractivity contribution in [2.75, 3.05) is 12.4 Å². The standard InChI is InChI=1S/C14H12IN3O2/c1-8(19)18-13-3-10-11(5-15)9(6-16)7-17-12(10)4-14(13)20-2/h3-4,7H,5H2,1-2H3,(H,18,19). The van der Waals surface area contributed by atoms with E-state index in [0.717, 1.165) is 16.5 Å². The number of carbonyl (C=O) groups excluding carboxylic acids is 1. The van der Waals surface area contributed by atoms with Gasteiger partial charge in [-0.25, -0.2) is 0 Å². The van der Waals surface area contributed by atoms with Gasteiger partial charge < -0.3 is 10.1 Å². The molecule has 0 bridgehead atoms. The van der Waals surface area contributed by atoms with Crippen molar-refractivity contribution in [1.82, 2.24) is 4.98 Å². The summed E-state index contributed by atoms with van der Waals surface area (Å²) in [4.78, 5) is 15.5. The van der Waals surface area contributed by atoms with Gasteiger partial charge in [-0.05, 0) is 11.6 Å². The maximum Gasteiger partial charge on any atom is 0.221 e. The number of pyridine rings is 1. The predicted octanol–water partition coefficient (Wildman–Crippen LogP) is 3.01. The largest absolute Gasteiger partial charge is 0.494 e. The van der Waals surface area contributed by atoms with Crippen LogP contribution >= 0.6 is 22.6 Å². The van der Waals surface area contributed by atoms with Gasteiger partial charge in [-0.15, -0.1) is 0 Å². The number of methoxy groups -OCH3 is 1. The highest BCUT2D eigenvalue weighted by atomic mass is 127. The number of fused-ring (bicyclic) bond motifs is 1. The van der Waals surface area contributed by atoms with E-state index in [1.165, 1.54) is 14.0 Å². The highest BCUT2D eigenvalue weighted by molar-refractivity contribution is 14.1. The molecule has 1 heterocycles. The van der Waals surface area contributed by atoms with E-state index < -0.39 is 0 Å². The Morgan fingerprint density at radius 2 is 2.30 bits per heavy atom. The van der Waals surface area contributed by atoms with Gasteiger partial charge in [0.25, 0.3) is 0 Å². The molecule has 5 nitrogen and oxygen atoms in total. The van der Waals surface area contributed by atoms with Crippen molar-refractivity contribution in [2.24, 2.45) is 0 Å². The summed E-state index contributed by atoms with van der Waals surface area (Å²) in [5.74, 6) is 0.368. The quantitative estimate of drug-likeness (QED) is 0.655. The number of nitrogens with one attached hydrogen (secondary N) is 1. The third kappa shape index (κ3) is 2.67. The van der Waals surface area contributed by atoms with Gasteiger partial charge in [0.05, 0.1) is 23.9 Å². The SMILES string of the molecule is COc1cc2ncc(C#N)c(CI)c2cc1NC(C)=O. The number of nitrogens with zero attached hydrogens (tertiary/aromatic N) is 2. The molecule has 1 N–H and O–H groups in total. The molecule has 1 amide bonds. The van der Waals surface area contributed by atoms with E-state index in [9.17, 15) is 4.79 Å². The van der Waals surface area contributed by atoms with E-state index in [-0.39, 0.29) is 5.91 Å². The van der Waals surface area contributed by atoms with Crippen LogP contribution in [-0.2, 0) is 9.22 Å². The number of aromatic nitrogens is 1. The average Bonchev–Trinajstić information content (AvgIpc) is 2.44. The zero-order valence-electron chi connectivity index (χ0n) is 11.0. The number of amides is 1. The first-order chi connectivity index (χ1) is 9.60. The molecule has 0 unspecified atom stereocenters. The molecule has 0 fully saturated rings. The zero-order valence-corrected chi connectivity index (χ0v) is 13.2. The monoisotopic (exact) mass is 381 g/mol. The number of ether oxygens (including phenoxy) is 1. The molecule has 0 saturated heterocycles. The summed E-state index contributed by atoms with van der Waals surface area (Å²) in [6, 6.07) is 5.71. The van der Waals surface area contributed by atoms with Gasteiger partial charge in [-0.1, -0.05) is 22.6 Å². The molecule has 2 aromatic rings. The van der Waals surface area contributed by atoms with Crippen LogP contribution in [0.3, 0.4) is 0 Å². The van der Waals surface area contributed by atoms with Gasteiger partial charge in [0.2, 0.25) is 5.91 Å². The molecule has 102 valence electrons. The minimum absolute atomic E-state index is 0.178. The van der Waals surface area contributed by atoms with Crippen molar-refractivity contribution in [3.05, 3.63) is 29.5 Å². The van der Waals surface area contributed by atoms with Crippen molar-refractivity contribution >= 4 is 45.1 Å². The number of hydrogen-bond donors (Lipinski definition) is 1. The fraction of sp³-hybridized carbons (Fsp3) is 0.214. The van der Waals surface area contributed by atoms with Gasteiger partial charge in [0.1, 0.15) is 11.8 Å². The number of halogens is 1. The molecule has 2 rings (SSSR count). The molecule has 0 atom stereocenters. The second-order valence-corrected chi connectivity index (χ2v) is 4.91. The number of nitriles is 1. The van der Waals surface area contributed by atoms with E-state index in [1.807, 2.05) is 0 Å². The molecule has 1 aromatic carbocycles. The Morgan fingerprint density at radius 3 is 2.85 bits per heavy atom. The summed E-state index contributed by atoms with van der Waals surface area (Å²) in [6.07, 6.45) is 1.56. The molecule has 0 spiro atoms. The van der Waals surface area contributed by atoms with E-state index in [1.54, 1.807) is 18.3 Å². The van der Waals surface area contributed by atoms with Gasteiger partial charge in [0.15, 0.2) is 0 Å². The van der Waals surface area contributed by atoms with E-state index in [4.69, 9.17) is 10.00 Å². The fourth-order valence-electron chi connectivity index (χ4n) is 1.97. The van der Waals surface area contributed by atoms with Crippen molar-refractivity contribution in [2.45, 2.75) is 11.4 Å². The first-order valence-corrected chi connectivity index (χ1v) is 7.36. The Morgan fingerprint density at radius 1 is 1.55 bits per heavy atom. The van der Waals surface area contributed by atoms with Gasteiger partial charge in [0, 0.05) is 29.0 Å². The Bertz CT molecular complexity index is 722. The van der Waals surface area contributed by atoms with Crippen molar-refractivity contribution in [1.29, 1.82) is 5.26 Å². The molecule has 0 aliphatic heterocycles. The predicted molar refractivity (Wildman–Crippen MR) is 85.0 cm³/mol. The Kier molecular flexibility index (Phi) is 4.39. The molecule has 0 radical (unpaired) electrons. The normalized spacial score (nSPS) is 10.1. The third-order valence-electron chi connectivity index (χ3n) is 2.87.